The number of aliphatic carboxylic acids is 1. The molecule has 146 valence electrons. The lowest BCUT2D eigenvalue weighted by Crippen LogP contribution is -2.11. The number of carboxylic acids is 1. The Morgan fingerprint density at radius 2 is 1.75 bits per heavy atom. The molecule has 0 bridgehead atoms. The van der Waals surface area contributed by atoms with E-state index in [1.807, 2.05) is 31.2 Å². The van der Waals surface area contributed by atoms with E-state index in [4.69, 9.17) is 9.84 Å². The Morgan fingerprint density at radius 1 is 1.14 bits per heavy atom. The molecule has 2 N–H and O–H groups in total. The van der Waals surface area contributed by atoms with E-state index in [9.17, 15) is 25.0 Å². The number of carboxylic acid groups (broad SMARTS) is 1. The summed E-state index contributed by atoms with van der Waals surface area (Å²) < 4.78 is 4.89. The van der Waals surface area contributed by atoms with Crippen LogP contribution in [0.3, 0.4) is 0 Å². The SMILES string of the molecule is C/C(=N/Nc1cc(OCC(=O)O)c([N+](=O)[O-])cc1[N+](=O)[O-])c1ccc(C)cc1. The van der Waals surface area contributed by atoms with E-state index in [-0.39, 0.29) is 5.69 Å². The number of benzene rings is 2. The molecule has 11 nitrogen and oxygen atoms in total. The normalized spacial score (nSPS) is 11.0. The summed E-state index contributed by atoms with van der Waals surface area (Å²) in [5.74, 6) is -1.78. The Kier molecular flexibility index (Phi) is 6.22. The Bertz CT molecular complexity index is 955. The van der Waals surface area contributed by atoms with Gasteiger partial charge in [0.25, 0.3) is 0 Å². The summed E-state index contributed by atoms with van der Waals surface area (Å²) in [6.45, 7) is 2.76. The molecule has 0 saturated carbocycles. The summed E-state index contributed by atoms with van der Waals surface area (Å²) in [6.07, 6.45) is 0. The van der Waals surface area contributed by atoms with Gasteiger partial charge in [-0.1, -0.05) is 29.8 Å². The third-order valence-corrected chi connectivity index (χ3v) is 3.64. The monoisotopic (exact) mass is 388 g/mol. The van der Waals surface area contributed by atoms with Crippen LogP contribution in [0.15, 0.2) is 41.5 Å². The van der Waals surface area contributed by atoms with Crippen molar-refractivity contribution in [1.29, 1.82) is 0 Å². The molecule has 0 saturated heterocycles. The highest BCUT2D eigenvalue weighted by molar-refractivity contribution is 5.99. The van der Waals surface area contributed by atoms with E-state index in [2.05, 4.69) is 10.5 Å². The first-order chi connectivity index (χ1) is 13.2. The van der Waals surface area contributed by atoms with Gasteiger partial charge in [-0.2, -0.15) is 5.10 Å². The van der Waals surface area contributed by atoms with E-state index < -0.39 is 39.5 Å². The molecular formula is C17H16N4O7. The second-order valence-corrected chi connectivity index (χ2v) is 5.71. The lowest BCUT2D eigenvalue weighted by Gasteiger charge is -2.09. The van der Waals surface area contributed by atoms with Crippen LogP contribution in [0.5, 0.6) is 5.75 Å². The van der Waals surface area contributed by atoms with Crippen molar-refractivity contribution in [1.82, 2.24) is 0 Å². The van der Waals surface area contributed by atoms with Crippen molar-refractivity contribution in [2.45, 2.75) is 13.8 Å². The van der Waals surface area contributed by atoms with Crippen LogP contribution in [0.25, 0.3) is 0 Å². The number of ether oxygens (including phenoxy) is 1. The van der Waals surface area contributed by atoms with Crippen LogP contribution in [0.4, 0.5) is 17.1 Å². The molecule has 28 heavy (non-hydrogen) atoms. The molecule has 0 aromatic heterocycles. The van der Waals surface area contributed by atoms with Gasteiger partial charge in [0.2, 0.25) is 0 Å². The predicted molar refractivity (Wildman–Crippen MR) is 99.9 cm³/mol. The number of anilines is 1. The van der Waals surface area contributed by atoms with Gasteiger partial charge in [-0.05, 0) is 19.4 Å². The van der Waals surface area contributed by atoms with Crippen molar-refractivity contribution in [3.8, 4) is 5.75 Å². The molecule has 0 spiro atoms. The smallest absolute Gasteiger partial charge is 0.341 e. The number of hydrogen-bond donors (Lipinski definition) is 2. The predicted octanol–water partition coefficient (Wildman–Crippen LogP) is 3.11. The van der Waals surface area contributed by atoms with Gasteiger partial charge < -0.3 is 9.84 Å². The van der Waals surface area contributed by atoms with Crippen molar-refractivity contribution in [3.05, 3.63) is 67.8 Å². The summed E-state index contributed by atoms with van der Waals surface area (Å²) in [5.41, 5.74) is 3.33. The van der Waals surface area contributed by atoms with Gasteiger partial charge in [0, 0.05) is 6.07 Å². The molecule has 0 fully saturated rings. The third-order valence-electron chi connectivity index (χ3n) is 3.64. The molecule has 0 aliphatic heterocycles. The lowest BCUT2D eigenvalue weighted by molar-refractivity contribution is -0.394. The maximum absolute atomic E-state index is 11.3. The quantitative estimate of drug-likeness (QED) is 0.396. The van der Waals surface area contributed by atoms with Crippen LogP contribution >= 0.6 is 0 Å². The molecule has 2 aromatic carbocycles. The second kappa shape index (κ2) is 8.58. The summed E-state index contributed by atoms with van der Waals surface area (Å²) in [6, 6.07) is 9.06. The molecule has 11 heteroatoms. The van der Waals surface area contributed by atoms with E-state index >= 15 is 0 Å². The van der Waals surface area contributed by atoms with Gasteiger partial charge in [0.05, 0.1) is 15.6 Å². The van der Waals surface area contributed by atoms with Crippen molar-refractivity contribution in [2.24, 2.45) is 5.10 Å². The van der Waals surface area contributed by atoms with Crippen molar-refractivity contribution < 1.29 is 24.5 Å². The highest BCUT2D eigenvalue weighted by Gasteiger charge is 2.26. The van der Waals surface area contributed by atoms with Gasteiger partial charge >= 0.3 is 17.3 Å². The standard InChI is InChI=1S/C17H16N4O7/c1-10-3-5-12(6-4-10)11(2)18-19-13-7-16(28-9-17(22)23)15(21(26)27)8-14(13)20(24)25/h3-8,19H,9H2,1-2H3,(H,22,23)/b18-11-. The first-order valence-corrected chi connectivity index (χ1v) is 7.87. The number of nitro groups is 2. The van der Waals surface area contributed by atoms with Gasteiger partial charge in [-0.25, -0.2) is 4.79 Å². The van der Waals surface area contributed by atoms with Crippen LogP contribution in [-0.2, 0) is 4.79 Å². The molecule has 2 rings (SSSR count). The summed E-state index contributed by atoms with van der Waals surface area (Å²) in [5, 5.41) is 35.2. The summed E-state index contributed by atoms with van der Waals surface area (Å²) in [4.78, 5) is 31.4. The maximum Gasteiger partial charge on any atom is 0.341 e. The Labute approximate surface area is 158 Å². The Balaban J connectivity index is 2.42. The number of nitro benzene ring substituents is 2. The second-order valence-electron chi connectivity index (χ2n) is 5.71. The average molecular weight is 388 g/mol. The minimum absolute atomic E-state index is 0.178. The number of hydrogen-bond acceptors (Lipinski definition) is 8. The molecule has 0 aliphatic rings. The average Bonchev–Trinajstić information content (AvgIpc) is 2.64. The summed E-state index contributed by atoms with van der Waals surface area (Å²) >= 11 is 0. The van der Waals surface area contributed by atoms with Gasteiger partial charge in [-0.15, -0.1) is 0 Å². The van der Waals surface area contributed by atoms with Gasteiger partial charge in [0.15, 0.2) is 12.4 Å². The van der Waals surface area contributed by atoms with Crippen LogP contribution in [0, 0.1) is 27.2 Å². The van der Waals surface area contributed by atoms with E-state index in [0.717, 1.165) is 17.2 Å². The largest absolute Gasteiger partial charge is 0.479 e. The topological polar surface area (TPSA) is 157 Å². The number of aryl methyl sites for hydroxylation is 1. The third kappa shape index (κ3) is 5.00. The van der Waals surface area contributed by atoms with Gasteiger partial charge in [-0.3, -0.25) is 25.7 Å². The highest BCUT2D eigenvalue weighted by atomic mass is 16.6. The van der Waals surface area contributed by atoms with E-state index in [1.54, 1.807) is 6.92 Å². The first-order valence-electron chi connectivity index (χ1n) is 7.87. The van der Waals surface area contributed by atoms with E-state index in [0.29, 0.717) is 11.8 Å². The van der Waals surface area contributed by atoms with Crippen molar-refractivity contribution >= 4 is 28.7 Å². The van der Waals surface area contributed by atoms with Crippen LogP contribution in [-0.4, -0.2) is 33.2 Å². The molecule has 0 aliphatic carbocycles. The molecular weight excluding hydrogens is 372 g/mol. The van der Waals surface area contributed by atoms with Crippen LogP contribution < -0.4 is 10.2 Å². The first kappa shape index (κ1) is 20.3. The Morgan fingerprint density at radius 3 is 2.29 bits per heavy atom. The lowest BCUT2D eigenvalue weighted by atomic mass is 10.1. The molecule has 0 unspecified atom stereocenters. The number of carbonyl (C=O) groups is 1. The fourth-order valence-corrected chi connectivity index (χ4v) is 2.20. The minimum atomic E-state index is -1.35. The fourth-order valence-electron chi connectivity index (χ4n) is 2.20. The van der Waals surface area contributed by atoms with Crippen LogP contribution in [0.1, 0.15) is 18.1 Å². The number of rotatable bonds is 8. The zero-order chi connectivity index (χ0) is 20.8. The molecule has 0 amide bonds. The zero-order valence-corrected chi connectivity index (χ0v) is 14.9. The molecule has 0 radical (unpaired) electrons. The molecule has 0 atom stereocenters. The fraction of sp³-hybridized carbons (Fsp3) is 0.176. The summed E-state index contributed by atoms with van der Waals surface area (Å²) in [7, 11) is 0. The zero-order valence-electron chi connectivity index (χ0n) is 14.9. The number of hydrazone groups is 1. The Hall–Kier alpha value is -4.02. The number of nitrogens with zero attached hydrogens (tertiary/aromatic N) is 3. The van der Waals surface area contributed by atoms with Crippen molar-refractivity contribution in [2.75, 3.05) is 12.0 Å². The van der Waals surface area contributed by atoms with Crippen LogP contribution in [0.2, 0.25) is 0 Å². The maximum atomic E-state index is 11.3. The molecule has 2 aromatic rings. The molecule has 0 heterocycles. The minimum Gasteiger partial charge on any atom is -0.479 e. The highest BCUT2D eigenvalue weighted by Crippen LogP contribution is 2.37. The van der Waals surface area contributed by atoms with Crippen molar-refractivity contribution in [3.63, 3.8) is 0 Å². The number of nitrogens with one attached hydrogen (secondary N) is 1. The van der Waals surface area contributed by atoms with Gasteiger partial charge in [0.1, 0.15) is 11.8 Å². The van der Waals surface area contributed by atoms with E-state index in [1.165, 1.54) is 0 Å².